The molecule has 0 saturated heterocycles. The minimum atomic E-state index is -1.43. The molecule has 2 saturated carbocycles. The van der Waals surface area contributed by atoms with Crippen LogP contribution in [0.2, 0.25) is 0 Å². The first-order valence-electron chi connectivity index (χ1n) is 24.5. The number of ether oxygens (including phenoxy) is 3. The lowest BCUT2D eigenvalue weighted by Gasteiger charge is -2.60. The third-order valence-corrected chi connectivity index (χ3v) is 14.3. The van der Waals surface area contributed by atoms with E-state index < -0.39 is 22.7 Å². The second-order valence-electron chi connectivity index (χ2n) is 18.9. The number of pyridine rings is 1. The van der Waals surface area contributed by atoms with Gasteiger partial charge in [0.05, 0.1) is 28.9 Å². The van der Waals surface area contributed by atoms with Crippen molar-refractivity contribution >= 4 is 28.1 Å². The number of unbranched alkanes of at least 4 members (excludes halogenated alkanes) is 2. The van der Waals surface area contributed by atoms with Crippen LogP contribution in [0.3, 0.4) is 0 Å². The molecule has 2 fully saturated rings. The fourth-order valence-electron chi connectivity index (χ4n) is 11.0. The van der Waals surface area contributed by atoms with Crippen molar-refractivity contribution in [3.05, 3.63) is 166 Å². The number of rotatable bonds is 22. The van der Waals surface area contributed by atoms with Crippen LogP contribution in [-0.2, 0) is 34.1 Å². The molecule has 6 atom stereocenters. The van der Waals surface area contributed by atoms with Gasteiger partial charge in [0.2, 0.25) is 11.7 Å². The highest BCUT2D eigenvalue weighted by molar-refractivity contribution is 6.03. The smallest absolute Gasteiger partial charge is 0.269 e. The van der Waals surface area contributed by atoms with Crippen molar-refractivity contribution in [3.8, 4) is 11.5 Å². The van der Waals surface area contributed by atoms with Gasteiger partial charge in [-0.25, -0.2) is 0 Å². The molecule has 3 aliphatic carbocycles. The fraction of sp³-hybridized carbons (Fsp3) is 0.411. The first-order valence-corrected chi connectivity index (χ1v) is 24.5. The number of hydrogen-bond donors (Lipinski definition) is 2. The summed E-state index contributed by atoms with van der Waals surface area (Å²) in [7, 11) is 0. The van der Waals surface area contributed by atoms with E-state index in [1.54, 1.807) is 18.2 Å². The van der Waals surface area contributed by atoms with Gasteiger partial charge in [-0.2, -0.15) is 0 Å². The molecule has 0 spiro atoms. The number of allylic oxidation sites excluding steroid dienone is 1. The number of benzene rings is 4. The number of aliphatic hydroxyl groups excluding tert-OH is 2. The highest BCUT2D eigenvalue weighted by Crippen LogP contribution is 2.62. The quantitative estimate of drug-likeness (QED) is 0.0295. The molecule has 13 heteroatoms. The van der Waals surface area contributed by atoms with E-state index >= 15 is 4.79 Å². The van der Waals surface area contributed by atoms with Crippen LogP contribution >= 0.6 is 0 Å². The number of carbonyl (C=O) groups excluding carboxylic acids is 1. The van der Waals surface area contributed by atoms with Crippen molar-refractivity contribution < 1.29 is 39.0 Å². The van der Waals surface area contributed by atoms with Crippen LogP contribution in [0.4, 0.5) is 5.69 Å². The normalized spacial score (nSPS) is 23.0. The summed E-state index contributed by atoms with van der Waals surface area (Å²) in [5, 5.41) is 38.7. The maximum absolute atomic E-state index is 15.2. The monoisotopic (exact) mass is 934 g/mol. The summed E-state index contributed by atoms with van der Waals surface area (Å²) in [6.45, 7) is 6.99. The summed E-state index contributed by atoms with van der Waals surface area (Å²) in [4.78, 5) is 39.2. The average Bonchev–Trinajstić information content (AvgIpc) is 4.22. The Kier molecular flexibility index (Phi) is 14.8. The van der Waals surface area contributed by atoms with E-state index in [0.717, 1.165) is 77.4 Å². The second kappa shape index (κ2) is 21.5. The zero-order valence-corrected chi connectivity index (χ0v) is 39.3. The third kappa shape index (κ3) is 10.3. The number of oxime groups is 1. The van der Waals surface area contributed by atoms with Crippen molar-refractivity contribution in [2.45, 2.75) is 102 Å². The van der Waals surface area contributed by atoms with Crippen LogP contribution in [0.25, 0.3) is 10.8 Å². The lowest BCUT2D eigenvalue weighted by atomic mass is 9.55. The second-order valence-corrected chi connectivity index (χ2v) is 18.9. The van der Waals surface area contributed by atoms with Gasteiger partial charge in [0, 0.05) is 61.4 Å². The number of nitro benzene ring substituents is 1. The summed E-state index contributed by atoms with van der Waals surface area (Å²) in [5.41, 5.74) is 5.97. The molecular formula is C56H62N4O9. The summed E-state index contributed by atoms with van der Waals surface area (Å²) in [5.74, 6) is -0.914. The summed E-state index contributed by atoms with van der Waals surface area (Å²) in [6.07, 6.45) is 10.4. The Morgan fingerprint density at radius 1 is 0.957 bits per heavy atom. The summed E-state index contributed by atoms with van der Waals surface area (Å²) in [6, 6.07) is 31.9. The van der Waals surface area contributed by atoms with Crippen LogP contribution in [0.1, 0.15) is 91.8 Å². The molecule has 13 nitrogen and oxygen atoms in total. The largest absolute Gasteiger partial charge is 0.487 e. The summed E-state index contributed by atoms with van der Waals surface area (Å²) < 4.78 is 21.3. The van der Waals surface area contributed by atoms with Crippen molar-refractivity contribution in [2.75, 3.05) is 19.8 Å². The van der Waals surface area contributed by atoms with Crippen molar-refractivity contribution in [3.63, 3.8) is 0 Å². The minimum absolute atomic E-state index is 0.0141. The Balaban J connectivity index is 1.23. The highest BCUT2D eigenvalue weighted by Gasteiger charge is 2.66. The van der Waals surface area contributed by atoms with Crippen molar-refractivity contribution in [2.24, 2.45) is 28.8 Å². The van der Waals surface area contributed by atoms with Gasteiger partial charge in [-0.1, -0.05) is 78.7 Å². The molecule has 1 aliphatic heterocycles. The standard InChI is InChI=1S/C56H62N4O9/c1-3-30-67-56-52(59(55(63)40-22-23-40)34-42-16-11-15-39-13-4-5-18-46(39)42)33-50(58-68-35-38-20-24-44(25-21-38)60(64)65)48-31-41(14-6-8-28-61)47(19-7-9-29-62)53(54(48)56)49-32-45(26-27-51(49)69-56)66-36-43-17-10-12-37(2)57-43/h3-5,10-13,15-18,20-21,24-27,31-32,40-41,47,52-54,61-62H,1,6-9,14,19,22-23,28-30,33-36H2,2H3/t41-,47+,52-,53+,54+,56+/m0/s1. The van der Waals surface area contributed by atoms with Crippen molar-refractivity contribution in [1.29, 1.82) is 0 Å². The van der Waals surface area contributed by atoms with E-state index in [9.17, 15) is 20.3 Å². The molecule has 4 aromatic carbocycles. The maximum Gasteiger partial charge on any atom is 0.269 e. The number of aliphatic hydroxyl groups is 2. The van der Waals surface area contributed by atoms with Gasteiger partial charge in [-0.05, 0) is 127 Å². The van der Waals surface area contributed by atoms with Gasteiger partial charge >= 0.3 is 0 Å². The van der Waals surface area contributed by atoms with Crippen LogP contribution in [0.15, 0.2) is 133 Å². The molecule has 1 amide bonds. The van der Waals surface area contributed by atoms with Crippen LogP contribution in [-0.4, -0.2) is 68.3 Å². The number of aryl methyl sites for hydroxylation is 1. The number of nitro groups is 1. The molecule has 1 aromatic heterocycles. The number of aromatic nitrogens is 1. The van der Waals surface area contributed by atoms with Crippen LogP contribution in [0.5, 0.6) is 11.5 Å². The molecule has 0 bridgehead atoms. The Morgan fingerprint density at radius 3 is 2.48 bits per heavy atom. The lowest BCUT2D eigenvalue weighted by molar-refractivity contribution is -0.384. The first-order chi connectivity index (χ1) is 33.7. The molecule has 2 heterocycles. The molecule has 69 heavy (non-hydrogen) atoms. The van der Waals surface area contributed by atoms with E-state index in [2.05, 4.69) is 48.0 Å². The molecule has 0 unspecified atom stereocenters. The van der Waals surface area contributed by atoms with E-state index in [4.69, 9.17) is 24.2 Å². The Hall–Kier alpha value is -6.41. The molecule has 360 valence electrons. The third-order valence-electron chi connectivity index (χ3n) is 14.3. The maximum atomic E-state index is 15.2. The van der Waals surface area contributed by atoms with Crippen LogP contribution < -0.4 is 9.47 Å². The Morgan fingerprint density at radius 2 is 1.72 bits per heavy atom. The number of hydrogen-bond acceptors (Lipinski definition) is 11. The van der Waals surface area contributed by atoms with Gasteiger partial charge in [-0.15, -0.1) is 6.58 Å². The molecular weight excluding hydrogens is 873 g/mol. The highest BCUT2D eigenvalue weighted by atomic mass is 16.7. The van der Waals surface area contributed by atoms with E-state index in [1.807, 2.05) is 60.4 Å². The number of non-ortho nitro benzene ring substituents is 1. The number of amides is 1. The molecule has 9 rings (SSSR count). The zero-order valence-electron chi connectivity index (χ0n) is 39.3. The van der Waals surface area contributed by atoms with Gasteiger partial charge in [0.15, 0.2) is 0 Å². The molecule has 4 aliphatic rings. The SMILES string of the molecule is C=CCO[C@@]12Oc3ccc(OCc4cccc(C)n4)cc3[C@H]3[C@H](CCCCO)[C@@H](CCCCO)C=C(C(=NOCc4ccc([N+](=O)[O-])cc4)C[C@@H]1N(Cc1cccc4ccccc14)C(=O)C1CC1)[C@H]32. The molecule has 5 aromatic rings. The van der Waals surface area contributed by atoms with Gasteiger partial charge < -0.3 is 34.2 Å². The van der Waals surface area contributed by atoms with Gasteiger partial charge in [0.25, 0.3) is 5.69 Å². The first kappa shape index (κ1) is 47.6. The summed E-state index contributed by atoms with van der Waals surface area (Å²) >= 11 is 0. The van der Waals surface area contributed by atoms with E-state index in [0.29, 0.717) is 42.2 Å². The zero-order chi connectivity index (χ0) is 47.9. The van der Waals surface area contributed by atoms with Crippen LogP contribution in [0, 0.1) is 40.7 Å². The predicted molar refractivity (Wildman–Crippen MR) is 263 cm³/mol. The van der Waals surface area contributed by atoms with E-state index in [1.165, 1.54) is 12.1 Å². The number of fused-ring (bicyclic) bond motifs is 3. The molecule has 2 N–H and O–H groups in total. The minimum Gasteiger partial charge on any atom is -0.487 e. The van der Waals surface area contributed by atoms with Gasteiger partial charge in [-0.3, -0.25) is 19.9 Å². The molecule has 0 radical (unpaired) electrons. The van der Waals surface area contributed by atoms with Gasteiger partial charge in [0.1, 0.15) is 30.8 Å². The fourth-order valence-corrected chi connectivity index (χ4v) is 11.0. The Labute approximate surface area is 403 Å². The number of carbonyl (C=O) groups is 1. The topological polar surface area (TPSA) is 166 Å². The van der Waals surface area contributed by atoms with Crippen molar-refractivity contribution in [1.82, 2.24) is 9.88 Å². The number of nitrogens with zero attached hydrogens (tertiary/aromatic N) is 4. The van der Waals surface area contributed by atoms with E-state index in [-0.39, 0.29) is 74.7 Å². The average molecular weight is 935 g/mol. The predicted octanol–water partition coefficient (Wildman–Crippen LogP) is 10.3. The Bertz CT molecular complexity index is 2690. The lowest BCUT2D eigenvalue weighted by Crippen LogP contribution is -2.70.